The van der Waals surface area contributed by atoms with Crippen LogP contribution in [0, 0.1) is 0 Å². The van der Waals surface area contributed by atoms with Crippen LogP contribution in [-0.2, 0) is 9.63 Å². The van der Waals surface area contributed by atoms with Crippen molar-refractivity contribution in [3.8, 4) is 0 Å². The number of carbonyl (C=O) groups is 1. The Morgan fingerprint density at radius 2 is 2.64 bits per heavy atom. The molecule has 0 atom stereocenters. The van der Waals surface area contributed by atoms with E-state index in [2.05, 4.69) is 9.99 Å². The monoisotopic (exact) mass is 169 g/mol. The Balaban J connectivity index is 2.88. The van der Waals surface area contributed by atoms with Gasteiger partial charge in [0.05, 0.1) is 4.88 Å². The van der Waals surface area contributed by atoms with Gasteiger partial charge in [-0.2, -0.15) is 0 Å². The van der Waals surface area contributed by atoms with Crippen LogP contribution in [0.15, 0.2) is 22.7 Å². The molecule has 0 aromatic carbocycles. The number of hydrogen-bond acceptors (Lipinski definition) is 4. The standard InChI is InChI=1S/C7H7NO2S/c1-10-8-6(5-9)7-3-2-4-11-7/h2-5H,1H3/b8-6+. The second-order valence-electron chi connectivity index (χ2n) is 1.75. The zero-order valence-corrected chi connectivity index (χ0v) is 6.80. The van der Waals surface area contributed by atoms with Crippen LogP contribution in [0.4, 0.5) is 0 Å². The summed E-state index contributed by atoms with van der Waals surface area (Å²) in [4.78, 5) is 15.7. The molecular formula is C7H7NO2S. The summed E-state index contributed by atoms with van der Waals surface area (Å²) in [6.07, 6.45) is 0.676. The number of oxime groups is 1. The van der Waals surface area contributed by atoms with Crippen molar-refractivity contribution in [3.05, 3.63) is 22.4 Å². The van der Waals surface area contributed by atoms with Crippen molar-refractivity contribution in [2.45, 2.75) is 0 Å². The molecule has 11 heavy (non-hydrogen) atoms. The van der Waals surface area contributed by atoms with Crippen molar-refractivity contribution < 1.29 is 9.63 Å². The highest BCUT2D eigenvalue weighted by Crippen LogP contribution is 2.08. The zero-order chi connectivity index (χ0) is 8.10. The van der Waals surface area contributed by atoms with E-state index < -0.39 is 0 Å². The minimum Gasteiger partial charge on any atom is -0.399 e. The fourth-order valence-corrected chi connectivity index (χ4v) is 1.31. The highest BCUT2D eigenvalue weighted by Gasteiger charge is 2.02. The maximum Gasteiger partial charge on any atom is 0.173 e. The smallest absolute Gasteiger partial charge is 0.173 e. The van der Waals surface area contributed by atoms with Gasteiger partial charge in [-0.3, -0.25) is 4.79 Å². The molecule has 0 aliphatic carbocycles. The van der Waals surface area contributed by atoms with E-state index in [0.29, 0.717) is 12.0 Å². The molecule has 58 valence electrons. The third kappa shape index (κ3) is 1.88. The van der Waals surface area contributed by atoms with E-state index in [9.17, 15) is 4.79 Å². The zero-order valence-electron chi connectivity index (χ0n) is 5.98. The first-order chi connectivity index (χ1) is 5.38. The van der Waals surface area contributed by atoms with Gasteiger partial charge in [-0.15, -0.1) is 11.3 Å². The molecule has 0 aliphatic heterocycles. The Bertz CT molecular complexity index is 253. The van der Waals surface area contributed by atoms with Gasteiger partial charge in [0.2, 0.25) is 0 Å². The normalized spacial score (nSPS) is 11.2. The maximum atomic E-state index is 10.4. The van der Waals surface area contributed by atoms with Crippen LogP contribution >= 0.6 is 11.3 Å². The lowest BCUT2D eigenvalue weighted by Crippen LogP contribution is -1.99. The molecule has 3 nitrogen and oxygen atoms in total. The molecule has 0 bridgehead atoms. The van der Waals surface area contributed by atoms with Crippen molar-refractivity contribution >= 4 is 23.3 Å². The summed E-state index contributed by atoms with van der Waals surface area (Å²) in [6.45, 7) is 0. The summed E-state index contributed by atoms with van der Waals surface area (Å²) in [5, 5.41) is 5.42. The van der Waals surface area contributed by atoms with Gasteiger partial charge in [0, 0.05) is 0 Å². The van der Waals surface area contributed by atoms with Crippen LogP contribution in [0.25, 0.3) is 0 Å². The average Bonchev–Trinajstić information content (AvgIpc) is 2.52. The Labute approximate surface area is 68.3 Å². The van der Waals surface area contributed by atoms with Gasteiger partial charge < -0.3 is 4.84 Å². The van der Waals surface area contributed by atoms with Crippen molar-refractivity contribution in [2.75, 3.05) is 7.11 Å². The van der Waals surface area contributed by atoms with Crippen molar-refractivity contribution in [2.24, 2.45) is 5.16 Å². The third-order valence-electron chi connectivity index (χ3n) is 1.07. The van der Waals surface area contributed by atoms with Gasteiger partial charge in [0.15, 0.2) is 12.0 Å². The van der Waals surface area contributed by atoms with Gasteiger partial charge in [0.25, 0.3) is 0 Å². The van der Waals surface area contributed by atoms with Crippen molar-refractivity contribution in [1.29, 1.82) is 0 Å². The summed E-state index contributed by atoms with van der Waals surface area (Å²) in [5.41, 5.74) is 0.336. The Morgan fingerprint density at radius 1 is 1.82 bits per heavy atom. The lowest BCUT2D eigenvalue weighted by molar-refractivity contribution is -0.102. The SMILES string of the molecule is CO/N=C(\C=O)c1cccs1. The Morgan fingerprint density at radius 3 is 3.09 bits per heavy atom. The molecule has 0 radical (unpaired) electrons. The van der Waals surface area contributed by atoms with Crippen LogP contribution in [0.1, 0.15) is 4.88 Å². The highest BCUT2D eigenvalue weighted by atomic mass is 32.1. The number of hydrogen-bond donors (Lipinski definition) is 0. The lowest BCUT2D eigenvalue weighted by Gasteiger charge is -1.90. The van der Waals surface area contributed by atoms with Crippen LogP contribution in [0.2, 0.25) is 0 Å². The molecule has 1 rings (SSSR count). The summed E-state index contributed by atoms with van der Waals surface area (Å²) in [6, 6.07) is 3.67. The number of rotatable bonds is 3. The van der Waals surface area contributed by atoms with E-state index in [1.807, 2.05) is 17.5 Å². The minimum absolute atomic E-state index is 0.336. The van der Waals surface area contributed by atoms with E-state index >= 15 is 0 Å². The molecule has 0 N–H and O–H groups in total. The van der Waals surface area contributed by atoms with Crippen molar-refractivity contribution in [1.82, 2.24) is 0 Å². The maximum absolute atomic E-state index is 10.4. The van der Waals surface area contributed by atoms with Gasteiger partial charge in [-0.25, -0.2) is 0 Å². The van der Waals surface area contributed by atoms with E-state index in [-0.39, 0.29) is 0 Å². The number of thiophene rings is 1. The predicted octanol–water partition coefficient (Wildman–Crippen LogP) is 1.30. The summed E-state index contributed by atoms with van der Waals surface area (Å²) >= 11 is 1.45. The molecule has 1 aromatic rings. The molecule has 4 heteroatoms. The molecular weight excluding hydrogens is 162 g/mol. The lowest BCUT2D eigenvalue weighted by atomic mass is 10.3. The molecule has 0 amide bonds. The van der Waals surface area contributed by atoms with Crippen LogP contribution in [0.5, 0.6) is 0 Å². The number of nitrogens with zero attached hydrogens (tertiary/aromatic N) is 1. The van der Waals surface area contributed by atoms with Gasteiger partial charge in [-0.05, 0) is 11.4 Å². The second-order valence-corrected chi connectivity index (χ2v) is 2.70. The van der Waals surface area contributed by atoms with Gasteiger partial charge in [0.1, 0.15) is 7.11 Å². The molecule has 0 saturated carbocycles. The molecule has 0 saturated heterocycles. The first kappa shape index (κ1) is 7.94. The molecule has 0 aliphatic rings. The summed E-state index contributed by atoms with van der Waals surface area (Å²) in [7, 11) is 1.41. The second kappa shape index (κ2) is 3.88. The highest BCUT2D eigenvalue weighted by molar-refractivity contribution is 7.12. The average molecular weight is 169 g/mol. The van der Waals surface area contributed by atoms with Gasteiger partial charge in [-0.1, -0.05) is 11.2 Å². The number of aldehydes is 1. The van der Waals surface area contributed by atoms with E-state index in [1.54, 1.807) is 0 Å². The van der Waals surface area contributed by atoms with Crippen LogP contribution < -0.4 is 0 Å². The topological polar surface area (TPSA) is 38.7 Å². The summed E-state index contributed by atoms with van der Waals surface area (Å²) in [5.74, 6) is 0. The first-order valence-corrected chi connectivity index (χ1v) is 3.86. The first-order valence-electron chi connectivity index (χ1n) is 2.98. The van der Waals surface area contributed by atoms with E-state index in [0.717, 1.165) is 4.88 Å². The van der Waals surface area contributed by atoms with Crippen molar-refractivity contribution in [3.63, 3.8) is 0 Å². The molecule has 1 heterocycles. The summed E-state index contributed by atoms with van der Waals surface area (Å²) < 4.78 is 0. The quantitative estimate of drug-likeness (QED) is 0.388. The van der Waals surface area contributed by atoms with E-state index in [4.69, 9.17) is 0 Å². The molecule has 0 unspecified atom stereocenters. The third-order valence-corrected chi connectivity index (χ3v) is 1.97. The Hall–Kier alpha value is -1.16. The fourth-order valence-electron chi connectivity index (χ4n) is 0.647. The van der Waals surface area contributed by atoms with Crippen LogP contribution in [0.3, 0.4) is 0 Å². The van der Waals surface area contributed by atoms with Crippen LogP contribution in [-0.4, -0.2) is 19.1 Å². The van der Waals surface area contributed by atoms with E-state index in [1.165, 1.54) is 18.4 Å². The fraction of sp³-hybridized carbons (Fsp3) is 0.143. The molecule has 0 spiro atoms. The minimum atomic E-state index is 0.336. The molecule has 1 aromatic heterocycles. The molecule has 0 fully saturated rings. The number of carbonyl (C=O) groups excluding carboxylic acids is 1. The van der Waals surface area contributed by atoms with Gasteiger partial charge >= 0.3 is 0 Å². The largest absolute Gasteiger partial charge is 0.399 e. The predicted molar refractivity (Wildman–Crippen MR) is 43.9 cm³/mol. The Kier molecular flexibility index (Phi) is 2.80.